The van der Waals surface area contributed by atoms with Crippen LogP contribution in [0.15, 0.2) is 18.2 Å². The van der Waals surface area contributed by atoms with Gasteiger partial charge >= 0.3 is 0 Å². The molecule has 1 aliphatic rings. The lowest BCUT2D eigenvalue weighted by Crippen LogP contribution is -2.07. The fraction of sp³-hybridized carbons (Fsp3) is 0.500. The Morgan fingerprint density at radius 2 is 2.07 bits per heavy atom. The van der Waals surface area contributed by atoms with Crippen LogP contribution in [-0.4, -0.2) is 12.1 Å². The normalized spacial score (nSPS) is 15.4. The van der Waals surface area contributed by atoms with Crippen LogP contribution in [0.2, 0.25) is 0 Å². The monoisotopic (exact) mass is 206 g/mol. The van der Waals surface area contributed by atoms with Crippen LogP contribution in [0.25, 0.3) is 0 Å². The molecule has 0 aromatic heterocycles. The molecule has 1 aliphatic carbocycles. The van der Waals surface area contributed by atoms with Gasteiger partial charge in [-0.15, -0.1) is 0 Å². The van der Waals surface area contributed by atoms with Gasteiger partial charge in [0, 0.05) is 29.5 Å². The summed E-state index contributed by atoms with van der Waals surface area (Å²) in [5.74, 6) is 0.841. The summed E-state index contributed by atoms with van der Waals surface area (Å²) in [7, 11) is 0. The molecule has 0 radical (unpaired) electrons. The Morgan fingerprint density at radius 1 is 1.33 bits per heavy atom. The highest BCUT2D eigenvalue weighted by atomic mass is 16.5. The van der Waals surface area contributed by atoms with Crippen molar-refractivity contribution in [1.29, 1.82) is 0 Å². The third-order valence-electron chi connectivity index (χ3n) is 2.25. The lowest BCUT2D eigenvalue weighted by atomic mass is 10.2. The predicted octanol–water partition coefficient (Wildman–Crippen LogP) is 2.63. The number of hydrogen-bond acceptors (Lipinski definition) is 3. The minimum atomic E-state index is 0.181. The van der Waals surface area contributed by atoms with Crippen molar-refractivity contribution in [2.45, 2.75) is 38.8 Å². The van der Waals surface area contributed by atoms with Crippen molar-refractivity contribution in [3.8, 4) is 5.75 Å². The van der Waals surface area contributed by atoms with Gasteiger partial charge in [0.1, 0.15) is 5.75 Å². The molecule has 0 aliphatic heterocycles. The van der Waals surface area contributed by atoms with E-state index in [9.17, 15) is 0 Å². The highest BCUT2D eigenvalue weighted by Crippen LogP contribution is 2.29. The van der Waals surface area contributed by atoms with E-state index >= 15 is 0 Å². The van der Waals surface area contributed by atoms with E-state index in [1.54, 1.807) is 0 Å². The second-order valence-electron chi connectivity index (χ2n) is 4.38. The Kier molecular flexibility index (Phi) is 2.71. The number of nitrogens with one attached hydrogen (secondary N) is 1. The summed E-state index contributed by atoms with van der Waals surface area (Å²) in [5.41, 5.74) is 7.62. The number of benzene rings is 1. The van der Waals surface area contributed by atoms with Gasteiger partial charge in [0.25, 0.3) is 0 Å². The zero-order valence-corrected chi connectivity index (χ0v) is 9.29. The molecule has 3 heteroatoms. The number of rotatable bonds is 4. The van der Waals surface area contributed by atoms with Crippen LogP contribution in [0.1, 0.15) is 26.7 Å². The van der Waals surface area contributed by atoms with Crippen LogP contribution in [0, 0.1) is 0 Å². The first kappa shape index (κ1) is 10.1. The van der Waals surface area contributed by atoms with Crippen LogP contribution in [0.3, 0.4) is 0 Å². The average Bonchev–Trinajstić information content (AvgIpc) is 2.85. The molecule has 1 fully saturated rings. The summed E-state index contributed by atoms with van der Waals surface area (Å²) >= 11 is 0. The Morgan fingerprint density at radius 3 is 2.67 bits per heavy atom. The molecule has 1 aromatic rings. The summed E-state index contributed by atoms with van der Waals surface area (Å²) in [4.78, 5) is 0. The van der Waals surface area contributed by atoms with Crippen molar-refractivity contribution in [3.63, 3.8) is 0 Å². The third-order valence-corrected chi connectivity index (χ3v) is 2.25. The van der Waals surface area contributed by atoms with Crippen molar-refractivity contribution in [2.24, 2.45) is 0 Å². The fourth-order valence-corrected chi connectivity index (χ4v) is 1.51. The lowest BCUT2D eigenvalue weighted by Gasteiger charge is -2.13. The van der Waals surface area contributed by atoms with Crippen LogP contribution in [-0.2, 0) is 0 Å². The largest absolute Gasteiger partial charge is 0.491 e. The molecule has 0 spiro atoms. The molecule has 0 atom stereocenters. The van der Waals surface area contributed by atoms with E-state index in [1.807, 2.05) is 32.0 Å². The van der Waals surface area contributed by atoms with Crippen molar-refractivity contribution in [1.82, 2.24) is 0 Å². The molecule has 0 heterocycles. The molecular formula is C12H18N2O. The summed E-state index contributed by atoms with van der Waals surface area (Å²) in [6, 6.07) is 6.46. The Labute approximate surface area is 90.6 Å². The number of ether oxygens (including phenoxy) is 1. The summed E-state index contributed by atoms with van der Waals surface area (Å²) in [5, 5.41) is 3.41. The molecule has 1 saturated carbocycles. The maximum atomic E-state index is 5.81. The Hall–Kier alpha value is -1.38. The van der Waals surface area contributed by atoms with Crippen LogP contribution in [0.5, 0.6) is 5.75 Å². The molecule has 82 valence electrons. The van der Waals surface area contributed by atoms with E-state index in [2.05, 4.69) is 5.32 Å². The van der Waals surface area contributed by atoms with E-state index in [1.165, 1.54) is 12.8 Å². The Bertz CT molecular complexity index is 323. The van der Waals surface area contributed by atoms with Gasteiger partial charge in [-0.2, -0.15) is 0 Å². The van der Waals surface area contributed by atoms with Gasteiger partial charge in [-0.05, 0) is 32.8 Å². The van der Waals surface area contributed by atoms with Crippen LogP contribution in [0.4, 0.5) is 11.4 Å². The molecule has 0 bridgehead atoms. The topological polar surface area (TPSA) is 47.3 Å². The summed E-state index contributed by atoms with van der Waals surface area (Å²) in [6.07, 6.45) is 2.70. The molecule has 1 aromatic carbocycles. The Balaban J connectivity index is 2.11. The molecule has 0 amide bonds. The summed E-state index contributed by atoms with van der Waals surface area (Å²) < 4.78 is 5.62. The maximum absolute atomic E-state index is 5.81. The predicted molar refractivity (Wildman–Crippen MR) is 63.3 cm³/mol. The van der Waals surface area contributed by atoms with Gasteiger partial charge in [-0.25, -0.2) is 0 Å². The van der Waals surface area contributed by atoms with E-state index in [-0.39, 0.29) is 6.10 Å². The first-order valence-electron chi connectivity index (χ1n) is 5.47. The first-order valence-corrected chi connectivity index (χ1v) is 5.47. The first-order chi connectivity index (χ1) is 7.13. The second kappa shape index (κ2) is 4.01. The quantitative estimate of drug-likeness (QED) is 0.744. The van der Waals surface area contributed by atoms with Gasteiger partial charge in [-0.3, -0.25) is 0 Å². The van der Waals surface area contributed by atoms with Gasteiger partial charge in [0.15, 0.2) is 0 Å². The molecular weight excluding hydrogens is 188 g/mol. The number of nitrogen functional groups attached to an aromatic ring is 1. The van der Waals surface area contributed by atoms with Crippen LogP contribution < -0.4 is 15.8 Å². The third kappa shape index (κ3) is 3.05. The second-order valence-corrected chi connectivity index (χ2v) is 4.38. The van der Waals surface area contributed by atoms with Gasteiger partial charge in [0.2, 0.25) is 0 Å². The fourth-order valence-electron chi connectivity index (χ4n) is 1.51. The van der Waals surface area contributed by atoms with Crippen molar-refractivity contribution in [3.05, 3.63) is 18.2 Å². The van der Waals surface area contributed by atoms with Gasteiger partial charge in [-0.1, -0.05) is 0 Å². The summed E-state index contributed by atoms with van der Waals surface area (Å²) in [6.45, 7) is 4.02. The molecule has 2 rings (SSSR count). The average molecular weight is 206 g/mol. The molecule has 15 heavy (non-hydrogen) atoms. The highest BCUT2D eigenvalue weighted by molar-refractivity contribution is 5.59. The van der Waals surface area contributed by atoms with Crippen molar-refractivity contribution >= 4 is 11.4 Å². The van der Waals surface area contributed by atoms with E-state index in [4.69, 9.17) is 10.5 Å². The molecule has 3 N–H and O–H groups in total. The van der Waals surface area contributed by atoms with Crippen LogP contribution >= 0.6 is 0 Å². The van der Waals surface area contributed by atoms with E-state index in [0.29, 0.717) is 6.04 Å². The van der Waals surface area contributed by atoms with E-state index in [0.717, 1.165) is 17.1 Å². The smallest absolute Gasteiger partial charge is 0.123 e. The molecule has 0 saturated heterocycles. The standard InChI is InChI=1S/C12H18N2O/c1-8(2)15-12-6-9(13)5-11(7-12)14-10-3-4-10/h5-8,10,14H,3-4,13H2,1-2H3. The number of hydrogen-bond donors (Lipinski definition) is 2. The number of anilines is 2. The van der Waals surface area contributed by atoms with Gasteiger partial charge < -0.3 is 15.8 Å². The zero-order chi connectivity index (χ0) is 10.8. The maximum Gasteiger partial charge on any atom is 0.123 e. The lowest BCUT2D eigenvalue weighted by molar-refractivity contribution is 0.242. The van der Waals surface area contributed by atoms with Crippen molar-refractivity contribution < 1.29 is 4.74 Å². The molecule has 0 unspecified atom stereocenters. The minimum absolute atomic E-state index is 0.181. The van der Waals surface area contributed by atoms with Crippen molar-refractivity contribution in [2.75, 3.05) is 11.1 Å². The minimum Gasteiger partial charge on any atom is -0.491 e. The zero-order valence-electron chi connectivity index (χ0n) is 9.29. The highest BCUT2D eigenvalue weighted by Gasteiger charge is 2.21. The SMILES string of the molecule is CC(C)Oc1cc(N)cc(NC2CC2)c1. The van der Waals surface area contributed by atoms with Gasteiger partial charge in [0.05, 0.1) is 6.10 Å². The molecule has 3 nitrogen and oxygen atoms in total. The van der Waals surface area contributed by atoms with E-state index < -0.39 is 0 Å². The number of nitrogens with two attached hydrogens (primary N) is 1.